The molecule has 1 aliphatic rings. The first kappa shape index (κ1) is 18.7. The number of amides is 1. The quantitative estimate of drug-likeness (QED) is 0.802. The summed E-state index contributed by atoms with van der Waals surface area (Å²) in [5, 5.41) is 13.3. The molecule has 0 bridgehead atoms. The molecule has 1 aromatic carbocycles. The third kappa shape index (κ3) is 5.80. The van der Waals surface area contributed by atoms with Crippen molar-refractivity contribution in [3.05, 3.63) is 29.8 Å². The second-order valence-electron chi connectivity index (χ2n) is 6.96. The van der Waals surface area contributed by atoms with Crippen molar-refractivity contribution in [1.29, 1.82) is 0 Å². The van der Waals surface area contributed by atoms with Crippen LogP contribution >= 0.6 is 0 Å². The fourth-order valence-corrected chi connectivity index (χ4v) is 3.25. The van der Waals surface area contributed by atoms with Gasteiger partial charge in [-0.3, -0.25) is 9.69 Å². The first-order valence-corrected chi connectivity index (χ1v) is 8.85. The summed E-state index contributed by atoms with van der Waals surface area (Å²) in [7, 11) is 0. The van der Waals surface area contributed by atoms with Gasteiger partial charge in [-0.25, -0.2) is 0 Å². The summed E-state index contributed by atoms with van der Waals surface area (Å²) in [5.41, 5.74) is 1.16. The lowest BCUT2D eigenvalue weighted by molar-refractivity contribution is -0.120. The van der Waals surface area contributed by atoms with Crippen LogP contribution in [-0.2, 0) is 4.79 Å². The molecule has 2 N–H and O–H groups in total. The molecular formula is C19H30N2O3. The lowest BCUT2D eigenvalue weighted by Crippen LogP contribution is -2.49. The van der Waals surface area contributed by atoms with Crippen molar-refractivity contribution in [3.8, 4) is 5.75 Å². The van der Waals surface area contributed by atoms with Gasteiger partial charge in [0.2, 0.25) is 5.91 Å². The number of carbonyl (C=O) groups is 1. The average Bonchev–Trinajstić information content (AvgIpc) is 2.53. The molecule has 0 aromatic heterocycles. The van der Waals surface area contributed by atoms with Gasteiger partial charge in [0.1, 0.15) is 18.5 Å². The van der Waals surface area contributed by atoms with Gasteiger partial charge in [-0.15, -0.1) is 0 Å². The molecule has 0 aliphatic carbocycles. The molecule has 0 radical (unpaired) electrons. The summed E-state index contributed by atoms with van der Waals surface area (Å²) in [5.74, 6) is 1.25. The number of benzene rings is 1. The van der Waals surface area contributed by atoms with Gasteiger partial charge in [-0.05, 0) is 36.9 Å². The van der Waals surface area contributed by atoms with Crippen molar-refractivity contribution in [3.63, 3.8) is 0 Å². The van der Waals surface area contributed by atoms with Crippen molar-refractivity contribution in [2.45, 2.75) is 51.7 Å². The Morgan fingerprint density at radius 3 is 2.88 bits per heavy atom. The average molecular weight is 334 g/mol. The molecule has 1 fully saturated rings. The van der Waals surface area contributed by atoms with E-state index < -0.39 is 6.10 Å². The van der Waals surface area contributed by atoms with Gasteiger partial charge in [0.25, 0.3) is 0 Å². The molecule has 0 spiro atoms. The van der Waals surface area contributed by atoms with Gasteiger partial charge in [0.05, 0.1) is 0 Å². The van der Waals surface area contributed by atoms with E-state index in [0.717, 1.165) is 37.2 Å². The molecular weight excluding hydrogens is 304 g/mol. The standard InChI is InChI=1S/C19H30N2O3/c1-14(2)18-8-4-5-9-19(18)24-13-17(23)12-21-10-6-7-16(11-21)20-15(3)22/h4-5,8-9,14,16-17,23H,6-7,10-13H2,1-3H3,(H,20,22). The normalized spacial score (nSPS) is 20.0. The third-order valence-electron chi connectivity index (χ3n) is 4.35. The minimum absolute atomic E-state index is 0.0102. The Labute approximate surface area is 145 Å². The van der Waals surface area contributed by atoms with E-state index in [1.807, 2.05) is 18.2 Å². The van der Waals surface area contributed by atoms with Gasteiger partial charge < -0.3 is 15.2 Å². The number of β-amino-alcohol motifs (C(OH)–C–C–N with tert-alkyl or cyclic N) is 1. The molecule has 0 saturated carbocycles. The number of piperidine rings is 1. The predicted octanol–water partition coefficient (Wildman–Crippen LogP) is 2.15. The maximum absolute atomic E-state index is 11.2. The summed E-state index contributed by atoms with van der Waals surface area (Å²) in [6.45, 7) is 8.41. The first-order valence-electron chi connectivity index (χ1n) is 8.85. The highest BCUT2D eigenvalue weighted by atomic mass is 16.5. The maximum Gasteiger partial charge on any atom is 0.217 e. The van der Waals surface area contributed by atoms with E-state index in [9.17, 15) is 9.90 Å². The number of nitrogens with one attached hydrogen (secondary N) is 1. The van der Waals surface area contributed by atoms with Crippen molar-refractivity contribution in [2.24, 2.45) is 0 Å². The molecule has 2 unspecified atom stereocenters. The summed E-state index contributed by atoms with van der Waals surface area (Å²) in [6.07, 6.45) is 1.50. The van der Waals surface area contributed by atoms with Crippen LogP contribution in [0.3, 0.4) is 0 Å². The Hall–Kier alpha value is -1.59. The fourth-order valence-electron chi connectivity index (χ4n) is 3.25. The van der Waals surface area contributed by atoms with Gasteiger partial charge in [-0.1, -0.05) is 32.0 Å². The number of hydrogen-bond donors (Lipinski definition) is 2. The SMILES string of the molecule is CC(=O)NC1CCCN(CC(O)COc2ccccc2C(C)C)C1. The van der Waals surface area contributed by atoms with Crippen LogP contribution in [0, 0.1) is 0 Å². The Morgan fingerprint density at radius 1 is 1.42 bits per heavy atom. The summed E-state index contributed by atoms with van der Waals surface area (Å²) >= 11 is 0. The van der Waals surface area contributed by atoms with Gasteiger partial charge in [0, 0.05) is 26.1 Å². The molecule has 134 valence electrons. The maximum atomic E-state index is 11.2. The van der Waals surface area contributed by atoms with Crippen LogP contribution in [0.2, 0.25) is 0 Å². The highest BCUT2D eigenvalue weighted by Gasteiger charge is 2.22. The topological polar surface area (TPSA) is 61.8 Å². The van der Waals surface area contributed by atoms with E-state index in [0.29, 0.717) is 12.5 Å². The third-order valence-corrected chi connectivity index (χ3v) is 4.35. The number of ether oxygens (including phenoxy) is 1. The molecule has 2 rings (SSSR count). The van der Waals surface area contributed by atoms with E-state index in [2.05, 4.69) is 30.1 Å². The van der Waals surface area contributed by atoms with Crippen LogP contribution in [-0.4, -0.2) is 54.3 Å². The van der Waals surface area contributed by atoms with Crippen LogP contribution in [0.5, 0.6) is 5.75 Å². The Kier molecular flexibility index (Phi) is 7.06. The minimum atomic E-state index is -0.540. The van der Waals surface area contributed by atoms with E-state index in [1.54, 1.807) is 6.92 Å². The fraction of sp³-hybridized carbons (Fsp3) is 0.632. The molecule has 5 nitrogen and oxygen atoms in total. The molecule has 1 aliphatic heterocycles. The number of carbonyl (C=O) groups excluding carboxylic acids is 1. The van der Waals surface area contributed by atoms with E-state index in [4.69, 9.17) is 4.74 Å². The van der Waals surface area contributed by atoms with Crippen LogP contribution in [0.25, 0.3) is 0 Å². The Balaban J connectivity index is 1.81. The van der Waals surface area contributed by atoms with E-state index in [-0.39, 0.29) is 18.6 Å². The molecule has 1 amide bonds. The number of aliphatic hydroxyl groups is 1. The number of aliphatic hydroxyl groups excluding tert-OH is 1. The summed E-state index contributed by atoms with van der Waals surface area (Å²) in [6, 6.07) is 8.17. The van der Waals surface area contributed by atoms with Gasteiger partial charge >= 0.3 is 0 Å². The Morgan fingerprint density at radius 2 is 2.17 bits per heavy atom. The van der Waals surface area contributed by atoms with Crippen molar-refractivity contribution in [2.75, 3.05) is 26.2 Å². The highest BCUT2D eigenvalue weighted by Crippen LogP contribution is 2.25. The zero-order valence-corrected chi connectivity index (χ0v) is 15.0. The van der Waals surface area contributed by atoms with Crippen LogP contribution < -0.4 is 10.1 Å². The summed E-state index contributed by atoms with van der Waals surface area (Å²) < 4.78 is 5.85. The summed E-state index contributed by atoms with van der Waals surface area (Å²) in [4.78, 5) is 13.4. The molecule has 1 saturated heterocycles. The number of nitrogens with zero attached hydrogens (tertiary/aromatic N) is 1. The second kappa shape index (κ2) is 9.04. The predicted molar refractivity (Wildman–Crippen MR) is 95.3 cm³/mol. The van der Waals surface area contributed by atoms with Crippen molar-refractivity contribution in [1.82, 2.24) is 10.2 Å². The number of para-hydroxylation sites is 1. The molecule has 1 heterocycles. The Bertz CT molecular complexity index is 533. The van der Waals surface area contributed by atoms with Crippen LogP contribution in [0.4, 0.5) is 0 Å². The van der Waals surface area contributed by atoms with Crippen molar-refractivity contribution >= 4 is 5.91 Å². The van der Waals surface area contributed by atoms with Crippen LogP contribution in [0.1, 0.15) is 45.1 Å². The largest absolute Gasteiger partial charge is 0.491 e. The molecule has 2 atom stereocenters. The zero-order chi connectivity index (χ0) is 17.5. The zero-order valence-electron chi connectivity index (χ0n) is 15.0. The lowest BCUT2D eigenvalue weighted by atomic mass is 10.0. The lowest BCUT2D eigenvalue weighted by Gasteiger charge is -2.34. The van der Waals surface area contributed by atoms with E-state index >= 15 is 0 Å². The smallest absolute Gasteiger partial charge is 0.217 e. The molecule has 5 heteroatoms. The number of rotatable bonds is 7. The van der Waals surface area contributed by atoms with E-state index in [1.165, 1.54) is 0 Å². The first-order chi connectivity index (χ1) is 11.5. The van der Waals surface area contributed by atoms with Crippen molar-refractivity contribution < 1.29 is 14.6 Å². The highest BCUT2D eigenvalue weighted by molar-refractivity contribution is 5.73. The monoisotopic (exact) mass is 334 g/mol. The van der Waals surface area contributed by atoms with Crippen LogP contribution in [0.15, 0.2) is 24.3 Å². The molecule has 24 heavy (non-hydrogen) atoms. The number of hydrogen-bond acceptors (Lipinski definition) is 4. The minimum Gasteiger partial charge on any atom is -0.491 e. The van der Waals surface area contributed by atoms with Gasteiger partial charge in [-0.2, -0.15) is 0 Å². The number of likely N-dealkylation sites (tertiary alicyclic amines) is 1. The van der Waals surface area contributed by atoms with Gasteiger partial charge in [0.15, 0.2) is 0 Å². The molecule has 1 aromatic rings. The second-order valence-corrected chi connectivity index (χ2v) is 6.96.